The molecule has 84 valence electrons. The standard InChI is InChI=1S/C14H10ClNO/c15-13-7-2-1-4-10(13)9-5-3-6-11-12(9)8-16-14(11)17/h1-7H,8H2,(H,16,17). The Morgan fingerprint density at radius 2 is 1.65 bits per heavy atom. The lowest BCUT2D eigenvalue weighted by molar-refractivity contribution is 0.0966. The zero-order chi connectivity index (χ0) is 11.8. The Labute approximate surface area is 104 Å². The van der Waals surface area contributed by atoms with Crippen LogP contribution in [0.4, 0.5) is 0 Å². The van der Waals surface area contributed by atoms with Gasteiger partial charge >= 0.3 is 0 Å². The predicted octanol–water partition coefficient (Wildman–Crippen LogP) is 3.25. The summed E-state index contributed by atoms with van der Waals surface area (Å²) < 4.78 is 0. The molecular formula is C14H10ClNO. The van der Waals surface area contributed by atoms with Crippen LogP contribution in [0.2, 0.25) is 5.02 Å². The molecule has 3 rings (SSSR count). The van der Waals surface area contributed by atoms with E-state index in [9.17, 15) is 4.79 Å². The number of hydrogen-bond acceptors (Lipinski definition) is 1. The smallest absolute Gasteiger partial charge is 0.251 e. The quantitative estimate of drug-likeness (QED) is 0.819. The molecule has 0 aliphatic carbocycles. The minimum Gasteiger partial charge on any atom is -0.348 e. The molecule has 0 bridgehead atoms. The van der Waals surface area contributed by atoms with E-state index in [0.717, 1.165) is 22.3 Å². The van der Waals surface area contributed by atoms with Crippen molar-refractivity contribution in [3.63, 3.8) is 0 Å². The van der Waals surface area contributed by atoms with E-state index in [2.05, 4.69) is 5.32 Å². The van der Waals surface area contributed by atoms with Crippen LogP contribution in [0, 0.1) is 0 Å². The second kappa shape index (κ2) is 3.90. The van der Waals surface area contributed by atoms with Gasteiger partial charge in [-0.1, -0.05) is 41.9 Å². The van der Waals surface area contributed by atoms with E-state index in [0.29, 0.717) is 11.6 Å². The van der Waals surface area contributed by atoms with Crippen molar-refractivity contribution < 1.29 is 4.79 Å². The zero-order valence-electron chi connectivity index (χ0n) is 9.03. The van der Waals surface area contributed by atoms with Crippen molar-refractivity contribution in [3.8, 4) is 11.1 Å². The van der Waals surface area contributed by atoms with Crippen molar-refractivity contribution in [3.05, 3.63) is 58.6 Å². The van der Waals surface area contributed by atoms with Crippen molar-refractivity contribution in [1.82, 2.24) is 5.32 Å². The van der Waals surface area contributed by atoms with Crippen LogP contribution in [0.15, 0.2) is 42.5 Å². The fraction of sp³-hybridized carbons (Fsp3) is 0.0714. The number of benzene rings is 2. The average Bonchev–Trinajstić information content (AvgIpc) is 2.72. The number of amides is 1. The lowest BCUT2D eigenvalue weighted by Crippen LogP contribution is -2.12. The van der Waals surface area contributed by atoms with Gasteiger partial charge in [0.15, 0.2) is 0 Å². The fourth-order valence-corrected chi connectivity index (χ4v) is 2.42. The zero-order valence-corrected chi connectivity index (χ0v) is 9.79. The Hall–Kier alpha value is -1.80. The lowest BCUT2D eigenvalue weighted by Gasteiger charge is -2.08. The molecule has 2 aromatic rings. The summed E-state index contributed by atoms with van der Waals surface area (Å²) in [7, 11) is 0. The normalized spacial score (nSPS) is 13.4. The summed E-state index contributed by atoms with van der Waals surface area (Å²) in [5.74, 6) is -0.00564. The van der Waals surface area contributed by atoms with E-state index in [1.807, 2.05) is 42.5 Å². The van der Waals surface area contributed by atoms with E-state index in [-0.39, 0.29) is 5.91 Å². The number of carbonyl (C=O) groups is 1. The van der Waals surface area contributed by atoms with Crippen LogP contribution in [0.3, 0.4) is 0 Å². The van der Waals surface area contributed by atoms with Gasteiger partial charge in [0.1, 0.15) is 0 Å². The van der Waals surface area contributed by atoms with Crippen LogP contribution in [0.1, 0.15) is 15.9 Å². The second-order valence-electron chi connectivity index (χ2n) is 3.99. The number of fused-ring (bicyclic) bond motifs is 1. The van der Waals surface area contributed by atoms with Gasteiger partial charge < -0.3 is 5.32 Å². The first-order valence-corrected chi connectivity index (χ1v) is 5.80. The first-order chi connectivity index (χ1) is 8.27. The first-order valence-electron chi connectivity index (χ1n) is 5.42. The first kappa shape index (κ1) is 10.4. The van der Waals surface area contributed by atoms with Gasteiger partial charge in [0.25, 0.3) is 5.91 Å². The monoisotopic (exact) mass is 243 g/mol. The maximum atomic E-state index is 11.6. The second-order valence-corrected chi connectivity index (χ2v) is 4.40. The van der Waals surface area contributed by atoms with Gasteiger partial charge in [0, 0.05) is 22.7 Å². The molecule has 0 fully saturated rings. The van der Waals surface area contributed by atoms with Gasteiger partial charge in [-0.25, -0.2) is 0 Å². The summed E-state index contributed by atoms with van der Waals surface area (Å²) >= 11 is 6.19. The molecule has 1 aliphatic rings. The Bertz CT molecular complexity index is 607. The van der Waals surface area contributed by atoms with Gasteiger partial charge in [0.05, 0.1) is 0 Å². The van der Waals surface area contributed by atoms with E-state index in [4.69, 9.17) is 11.6 Å². The Morgan fingerprint density at radius 3 is 2.47 bits per heavy atom. The summed E-state index contributed by atoms with van der Waals surface area (Å²) in [6.07, 6.45) is 0. The molecule has 0 atom stereocenters. The van der Waals surface area contributed by atoms with Crippen LogP contribution in [-0.2, 0) is 6.54 Å². The third-order valence-electron chi connectivity index (χ3n) is 3.01. The molecule has 3 heteroatoms. The highest BCUT2D eigenvalue weighted by atomic mass is 35.5. The Kier molecular flexibility index (Phi) is 2.37. The van der Waals surface area contributed by atoms with E-state index in [1.54, 1.807) is 0 Å². The molecule has 0 aromatic heterocycles. The lowest BCUT2D eigenvalue weighted by atomic mass is 9.97. The highest BCUT2D eigenvalue weighted by Gasteiger charge is 2.22. The number of hydrogen-bond donors (Lipinski definition) is 1. The molecule has 0 saturated heterocycles. The molecule has 2 aromatic carbocycles. The topological polar surface area (TPSA) is 29.1 Å². The number of halogens is 1. The average molecular weight is 244 g/mol. The van der Waals surface area contributed by atoms with Gasteiger partial charge in [-0.15, -0.1) is 0 Å². The van der Waals surface area contributed by atoms with E-state index in [1.165, 1.54) is 0 Å². The minimum atomic E-state index is -0.00564. The van der Waals surface area contributed by atoms with Crippen molar-refractivity contribution in [2.24, 2.45) is 0 Å². The van der Waals surface area contributed by atoms with Crippen LogP contribution < -0.4 is 5.32 Å². The van der Waals surface area contributed by atoms with Crippen LogP contribution in [-0.4, -0.2) is 5.91 Å². The molecular weight excluding hydrogens is 234 g/mol. The maximum absolute atomic E-state index is 11.6. The fourth-order valence-electron chi connectivity index (χ4n) is 2.19. The predicted molar refractivity (Wildman–Crippen MR) is 68.1 cm³/mol. The summed E-state index contributed by atoms with van der Waals surface area (Å²) in [4.78, 5) is 11.6. The van der Waals surface area contributed by atoms with Gasteiger partial charge in [0.2, 0.25) is 0 Å². The largest absolute Gasteiger partial charge is 0.348 e. The third kappa shape index (κ3) is 1.61. The van der Waals surface area contributed by atoms with Gasteiger partial charge in [-0.05, 0) is 23.3 Å². The molecule has 0 radical (unpaired) electrons. The Balaban J connectivity index is 2.24. The third-order valence-corrected chi connectivity index (χ3v) is 3.34. The van der Waals surface area contributed by atoms with Gasteiger partial charge in [-0.3, -0.25) is 4.79 Å². The molecule has 1 heterocycles. The summed E-state index contributed by atoms with van der Waals surface area (Å²) in [6, 6.07) is 13.4. The van der Waals surface area contributed by atoms with E-state index >= 15 is 0 Å². The molecule has 2 nitrogen and oxygen atoms in total. The highest BCUT2D eigenvalue weighted by Crippen LogP contribution is 2.33. The molecule has 1 N–H and O–H groups in total. The summed E-state index contributed by atoms with van der Waals surface area (Å²) in [6.45, 7) is 0.579. The molecule has 0 spiro atoms. The minimum absolute atomic E-state index is 0.00564. The van der Waals surface area contributed by atoms with Crippen LogP contribution in [0.25, 0.3) is 11.1 Å². The number of carbonyl (C=O) groups excluding carboxylic acids is 1. The number of nitrogens with one attached hydrogen (secondary N) is 1. The van der Waals surface area contributed by atoms with Crippen molar-refractivity contribution in [2.45, 2.75) is 6.54 Å². The molecule has 0 saturated carbocycles. The maximum Gasteiger partial charge on any atom is 0.251 e. The molecule has 17 heavy (non-hydrogen) atoms. The van der Waals surface area contributed by atoms with Crippen molar-refractivity contribution in [1.29, 1.82) is 0 Å². The summed E-state index contributed by atoms with van der Waals surface area (Å²) in [5.41, 5.74) is 3.79. The SMILES string of the molecule is O=C1NCc2c1cccc2-c1ccccc1Cl. The molecule has 0 unspecified atom stereocenters. The number of rotatable bonds is 1. The van der Waals surface area contributed by atoms with Crippen LogP contribution >= 0.6 is 11.6 Å². The van der Waals surface area contributed by atoms with Gasteiger partial charge in [-0.2, -0.15) is 0 Å². The Morgan fingerprint density at radius 1 is 0.941 bits per heavy atom. The van der Waals surface area contributed by atoms with Crippen LogP contribution in [0.5, 0.6) is 0 Å². The van der Waals surface area contributed by atoms with E-state index < -0.39 is 0 Å². The highest BCUT2D eigenvalue weighted by molar-refractivity contribution is 6.33. The molecule has 1 amide bonds. The molecule has 1 aliphatic heterocycles. The van der Waals surface area contributed by atoms with Crippen molar-refractivity contribution in [2.75, 3.05) is 0 Å². The summed E-state index contributed by atoms with van der Waals surface area (Å²) in [5, 5.41) is 3.54. The van der Waals surface area contributed by atoms with Crippen molar-refractivity contribution >= 4 is 17.5 Å².